The molecule has 0 aliphatic carbocycles. The normalized spacial score (nSPS) is 9.74. The SMILES string of the molecule is COc1ccc(Oc2ccc(CCl)cc2C#N)cc1. The van der Waals surface area contributed by atoms with Crippen molar-refractivity contribution in [3.8, 4) is 23.3 Å². The summed E-state index contributed by atoms with van der Waals surface area (Å²) in [5.41, 5.74) is 1.36. The highest BCUT2D eigenvalue weighted by Crippen LogP contribution is 2.27. The second-order valence-corrected chi connectivity index (χ2v) is 4.12. The molecule has 4 heteroatoms. The molecule has 0 saturated heterocycles. The number of ether oxygens (including phenoxy) is 2. The first-order chi connectivity index (χ1) is 9.26. The molecule has 2 aromatic rings. The molecular weight excluding hydrogens is 262 g/mol. The van der Waals surface area contributed by atoms with Gasteiger partial charge in [-0.25, -0.2) is 0 Å². The maximum absolute atomic E-state index is 9.11. The van der Waals surface area contributed by atoms with E-state index in [-0.39, 0.29) is 0 Å². The zero-order valence-corrected chi connectivity index (χ0v) is 11.1. The highest BCUT2D eigenvalue weighted by molar-refractivity contribution is 6.17. The van der Waals surface area contributed by atoms with Gasteiger partial charge in [0.1, 0.15) is 23.3 Å². The molecule has 0 bridgehead atoms. The molecule has 0 atom stereocenters. The zero-order valence-electron chi connectivity index (χ0n) is 10.4. The van der Waals surface area contributed by atoms with E-state index in [1.807, 2.05) is 6.07 Å². The van der Waals surface area contributed by atoms with Crippen molar-refractivity contribution in [2.24, 2.45) is 0 Å². The Morgan fingerprint density at radius 2 is 1.79 bits per heavy atom. The summed E-state index contributed by atoms with van der Waals surface area (Å²) >= 11 is 5.74. The molecule has 0 saturated carbocycles. The minimum absolute atomic E-state index is 0.373. The molecule has 0 aliphatic rings. The van der Waals surface area contributed by atoms with Gasteiger partial charge in [-0.05, 0) is 42.0 Å². The number of methoxy groups -OCH3 is 1. The van der Waals surface area contributed by atoms with Gasteiger partial charge in [0.05, 0.1) is 12.7 Å². The van der Waals surface area contributed by atoms with Gasteiger partial charge in [-0.3, -0.25) is 0 Å². The van der Waals surface area contributed by atoms with Crippen LogP contribution in [-0.4, -0.2) is 7.11 Å². The first kappa shape index (κ1) is 13.3. The minimum atomic E-state index is 0.373. The molecule has 0 heterocycles. The molecule has 0 N–H and O–H groups in total. The molecule has 0 radical (unpaired) electrons. The lowest BCUT2D eigenvalue weighted by Gasteiger charge is -2.09. The van der Waals surface area contributed by atoms with Gasteiger partial charge in [0, 0.05) is 5.88 Å². The van der Waals surface area contributed by atoms with Gasteiger partial charge in [-0.15, -0.1) is 11.6 Å². The summed E-state index contributed by atoms with van der Waals surface area (Å²) in [5, 5.41) is 9.11. The number of benzene rings is 2. The smallest absolute Gasteiger partial charge is 0.145 e. The summed E-state index contributed by atoms with van der Waals surface area (Å²) in [6, 6.07) is 14.6. The first-order valence-electron chi connectivity index (χ1n) is 5.67. The second-order valence-electron chi connectivity index (χ2n) is 3.85. The lowest BCUT2D eigenvalue weighted by molar-refractivity contribution is 0.413. The molecule has 0 amide bonds. The average molecular weight is 274 g/mol. The van der Waals surface area contributed by atoms with Gasteiger partial charge in [-0.1, -0.05) is 6.07 Å². The fourth-order valence-electron chi connectivity index (χ4n) is 1.61. The molecule has 0 aromatic heterocycles. The van der Waals surface area contributed by atoms with E-state index in [9.17, 15) is 0 Å². The van der Waals surface area contributed by atoms with Gasteiger partial charge < -0.3 is 9.47 Å². The highest BCUT2D eigenvalue weighted by Gasteiger charge is 2.06. The third-order valence-corrected chi connectivity index (χ3v) is 2.91. The van der Waals surface area contributed by atoms with E-state index in [0.717, 1.165) is 11.3 Å². The van der Waals surface area contributed by atoms with Crippen LogP contribution in [0.4, 0.5) is 0 Å². The Kier molecular flexibility index (Phi) is 4.27. The largest absolute Gasteiger partial charge is 0.497 e. The van der Waals surface area contributed by atoms with Crippen LogP contribution in [0.5, 0.6) is 17.2 Å². The van der Waals surface area contributed by atoms with Crippen molar-refractivity contribution in [3.63, 3.8) is 0 Å². The summed E-state index contributed by atoms with van der Waals surface area (Å²) in [5.74, 6) is 2.29. The summed E-state index contributed by atoms with van der Waals surface area (Å²) in [4.78, 5) is 0. The quantitative estimate of drug-likeness (QED) is 0.788. The van der Waals surface area contributed by atoms with Gasteiger partial charge in [0.15, 0.2) is 0 Å². The van der Waals surface area contributed by atoms with Gasteiger partial charge in [0.2, 0.25) is 0 Å². The molecule has 0 unspecified atom stereocenters. The van der Waals surface area contributed by atoms with Crippen molar-refractivity contribution in [2.75, 3.05) is 7.11 Å². The first-order valence-corrected chi connectivity index (χ1v) is 6.21. The molecular formula is C15H12ClNO2. The van der Waals surface area contributed by atoms with Gasteiger partial charge in [-0.2, -0.15) is 5.26 Å². The standard InChI is InChI=1S/C15H12ClNO2/c1-18-13-3-5-14(6-4-13)19-15-7-2-11(9-16)8-12(15)10-17/h2-8H,9H2,1H3. The molecule has 2 rings (SSSR count). The van der Waals surface area contributed by atoms with Gasteiger partial charge in [0.25, 0.3) is 0 Å². The van der Waals surface area contributed by atoms with E-state index >= 15 is 0 Å². The predicted octanol–water partition coefficient (Wildman–Crippen LogP) is 4.10. The van der Waals surface area contributed by atoms with E-state index < -0.39 is 0 Å². The Bertz CT molecular complexity index is 603. The van der Waals surface area contributed by atoms with Crippen LogP contribution in [0.25, 0.3) is 0 Å². The predicted molar refractivity (Wildman–Crippen MR) is 73.8 cm³/mol. The zero-order chi connectivity index (χ0) is 13.7. The van der Waals surface area contributed by atoms with Crippen molar-refractivity contribution in [1.29, 1.82) is 5.26 Å². The van der Waals surface area contributed by atoms with Crippen LogP contribution in [0.2, 0.25) is 0 Å². The lowest BCUT2D eigenvalue weighted by atomic mass is 10.1. The fraction of sp³-hybridized carbons (Fsp3) is 0.133. The monoisotopic (exact) mass is 273 g/mol. The van der Waals surface area contributed by atoms with Crippen LogP contribution in [-0.2, 0) is 5.88 Å². The summed E-state index contributed by atoms with van der Waals surface area (Å²) in [6.07, 6.45) is 0. The van der Waals surface area contributed by atoms with E-state index in [0.29, 0.717) is 22.9 Å². The van der Waals surface area contributed by atoms with Crippen molar-refractivity contribution in [1.82, 2.24) is 0 Å². The molecule has 19 heavy (non-hydrogen) atoms. The number of halogens is 1. The molecule has 0 aliphatic heterocycles. The Hall–Kier alpha value is -2.18. The van der Waals surface area contributed by atoms with E-state index in [1.54, 1.807) is 43.5 Å². The van der Waals surface area contributed by atoms with Crippen molar-refractivity contribution in [3.05, 3.63) is 53.6 Å². The lowest BCUT2D eigenvalue weighted by Crippen LogP contribution is -1.90. The molecule has 3 nitrogen and oxygen atoms in total. The van der Waals surface area contributed by atoms with Crippen molar-refractivity contribution in [2.45, 2.75) is 5.88 Å². The Morgan fingerprint density at radius 1 is 1.11 bits per heavy atom. The van der Waals surface area contributed by atoms with E-state index in [2.05, 4.69) is 6.07 Å². The number of rotatable bonds is 4. The van der Waals surface area contributed by atoms with Gasteiger partial charge >= 0.3 is 0 Å². The minimum Gasteiger partial charge on any atom is -0.497 e. The van der Waals surface area contributed by atoms with Crippen LogP contribution in [0.3, 0.4) is 0 Å². The number of alkyl halides is 1. The highest BCUT2D eigenvalue weighted by atomic mass is 35.5. The number of hydrogen-bond acceptors (Lipinski definition) is 3. The van der Waals surface area contributed by atoms with Crippen LogP contribution in [0.15, 0.2) is 42.5 Å². The summed E-state index contributed by atoms with van der Waals surface area (Å²) in [7, 11) is 1.61. The van der Waals surface area contributed by atoms with Crippen molar-refractivity contribution < 1.29 is 9.47 Å². The van der Waals surface area contributed by atoms with Crippen LogP contribution in [0.1, 0.15) is 11.1 Å². The maximum Gasteiger partial charge on any atom is 0.145 e. The molecule has 0 fully saturated rings. The topological polar surface area (TPSA) is 42.2 Å². The van der Waals surface area contributed by atoms with E-state index in [4.69, 9.17) is 26.3 Å². The Labute approximate surface area is 117 Å². The van der Waals surface area contributed by atoms with E-state index in [1.165, 1.54) is 0 Å². The summed E-state index contributed by atoms with van der Waals surface area (Å²) in [6.45, 7) is 0. The number of hydrogen-bond donors (Lipinski definition) is 0. The molecule has 2 aromatic carbocycles. The fourth-order valence-corrected chi connectivity index (χ4v) is 1.77. The van der Waals surface area contributed by atoms with Crippen LogP contribution >= 0.6 is 11.6 Å². The third kappa shape index (κ3) is 3.18. The summed E-state index contributed by atoms with van der Waals surface area (Å²) < 4.78 is 10.8. The Balaban J connectivity index is 2.25. The number of nitriles is 1. The molecule has 96 valence electrons. The average Bonchev–Trinajstić information content (AvgIpc) is 2.48. The number of nitrogens with zero attached hydrogens (tertiary/aromatic N) is 1. The Morgan fingerprint density at radius 3 is 2.37 bits per heavy atom. The maximum atomic E-state index is 9.11. The van der Waals surface area contributed by atoms with Crippen LogP contribution in [0, 0.1) is 11.3 Å². The second kappa shape index (κ2) is 6.12. The van der Waals surface area contributed by atoms with Crippen LogP contribution < -0.4 is 9.47 Å². The third-order valence-electron chi connectivity index (χ3n) is 2.61. The molecule has 0 spiro atoms. The van der Waals surface area contributed by atoms with Crippen molar-refractivity contribution >= 4 is 11.6 Å².